The van der Waals surface area contributed by atoms with Crippen LogP contribution in [0.15, 0.2) is 23.3 Å². The van der Waals surface area contributed by atoms with E-state index in [9.17, 15) is 9.59 Å². The molecule has 0 amide bonds. The van der Waals surface area contributed by atoms with E-state index in [1.54, 1.807) is 5.57 Å². The fourth-order valence-electron chi connectivity index (χ4n) is 7.73. The molecule has 2 nitrogen and oxygen atoms in total. The Labute approximate surface area is 158 Å². The van der Waals surface area contributed by atoms with Crippen molar-refractivity contribution < 1.29 is 9.59 Å². The topological polar surface area (TPSA) is 34.1 Å². The molecular weight excluding hydrogens is 320 g/mol. The predicted molar refractivity (Wildman–Crippen MR) is 105 cm³/mol. The molecule has 0 heterocycles. The first kappa shape index (κ1) is 18.2. The second-order valence-electron chi connectivity index (χ2n) is 10.7. The zero-order valence-electron chi connectivity index (χ0n) is 16.9. The molecule has 26 heavy (non-hydrogen) atoms. The van der Waals surface area contributed by atoms with Crippen LogP contribution >= 0.6 is 0 Å². The quantitative estimate of drug-likeness (QED) is 0.483. The summed E-state index contributed by atoms with van der Waals surface area (Å²) in [5, 5.41) is 0. The maximum absolute atomic E-state index is 11.9. The van der Waals surface area contributed by atoms with Crippen molar-refractivity contribution in [2.45, 2.75) is 72.6 Å². The lowest BCUT2D eigenvalue weighted by atomic mass is 9.42. The third kappa shape index (κ3) is 2.29. The number of aldehydes is 2. The van der Waals surface area contributed by atoms with E-state index in [1.165, 1.54) is 32.1 Å². The van der Waals surface area contributed by atoms with Crippen molar-refractivity contribution in [3.05, 3.63) is 23.3 Å². The molecule has 142 valence electrons. The van der Waals surface area contributed by atoms with E-state index < -0.39 is 0 Å². The van der Waals surface area contributed by atoms with Crippen molar-refractivity contribution in [1.29, 1.82) is 0 Å². The van der Waals surface area contributed by atoms with Crippen LogP contribution in [-0.2, 0) is 9.59 Å². The van der Waals surface area contributed by atoms with Crippen molar-refractivity contribution >= 4 is 12.6 Å². The maximum atomic E-state index is 11.9. The van der Waals surface area contributed by atoms with Crippen LogP contribution in [0.5, 0.6) is 0 Å². The SMILES string of the molecule is CC1(C)CCC[C@]2(C)[C@H]3CC[C@]4(C)[C@@H](C=O)C(C=O)=CC[C@H]4C3=CC[C@@H]12. The number of carbonyl (C=O) groups is 2. The van der Waals surface area contributed by atoms with Crippen LogP contribution in [0.4, 0.5) is 0 Å². The van der Waals surface area contributed by atoms with E-state index >= 15 is 0 Å². The highest BCUT2D eigenvalue weighted by Crippen LogP contribution is 2.66. The zero-order chi connectivity index (χ0) is 18.7. The Morgan fingerprint density at radius 2 is 1.69 bits per heavy atom. The molecule has 0 aromatic rings. The molecule has 0 N–H and O–H groups in total. The van der Waals surface area contributed by atoms with Gasteiger partial charge in [0.2, 0.25) is 0 Å². The van der Waals surface area contributed by atoms with Crippen LogP contribution in [0, 0.1) is 39.9 Å². The van der Waals surface area contributed by atoms with E-state index in [0.29, 0.717) is 22.7 Å². The number of fused-ring (bicyclic) bond motifs is 5. The van der Waals surface area contributed by atoms with Crippen LogP contribution < -0.4 is 0 Å². The van der Waals surface area contributed by atoms with E-state index in [4.69, 9.17) is 0 Å². The molecule has 4 aliphatic carbocycles. The molecule has 0 unspecified atom stereocenters. The zero-order valence-corrected chi connectivity index (χ0v) is 16.9. The van der Waals surface area contributed by atoms with Crippen molar-refractivity contribution in [1.82, 2.24) is 0 Å². The second kappa shape index (κ2) is 5.91. The Kier molecular flexibility index (Phi) is 4.13. The number of rotatable bonds is 2. The van der Waals surface area contributed by atoms with Crippen molar-refractivity contribution in [2.75, 3.05) is 0 Å². The minimum Gasteiger partial charge on any atom is -0.303 e. The highest BCUT2D eigenvalue weighted by atomic mass is 16.1. The summed E-state index contributed by atoms with van der Waals surface area (Å²) < 4.78 is 0. The van der Waals surface area contributed by atoms with Gasteiger partial charge in [0.1, 0.15) is 12.6 Å². The lowest BCUT2D eigenvalue weighted by Gasteiger charge is -2.62. The number of hydrogen-bond acceptors (Lipinski definition) is 2. The molecule has 0 spiro atoms. The van der Waals surface area contributed by atoms with Gasteiger partial charge in [-0.2, -0.15) is 0 Å². The summed E-state index contributed by atoms with van der Waals surface area (Å²) in [6.07, 6.45) is 15.0. The Hall–Kier alpha value is -1.18. The Morgan fingerprint density at radius 3 is 2.38 bits per heavy atom. The molecule has 4 rings (SSSR count). The summed E-state index contributed by atoms with van der Waals surface area (Å²) >= 11 is 0. The van der Waals surface area contributed by atoms with E-state index in [-0.39, 0.29) is 11.3 Å². The van der Waals surface area contributed by atoms with Gasteiger partial charge in [0.05, 0.1) is 0 Å². The summed E-state index contributed by atoms with van der Waals surface area (Å²) in [7, 11) is 0. The fourth-order valence-corrected chi connectivity index (χ4v) is 7.73. The van der Waals surface area contributed by atoms with Crippen LogP contribution in [0.25, 0.3) is 0 Å². The molecule has 2 fully saturated rings. The standard InChI is InChI=1S/C24H34O2/c1-22(2)11-5-12-24(4)19-10-13-23(3)18(17(19)7-9-21(22)24)8-6-16(14-25)20(23)15-26/h6-7,14-15,18-21H,5,8-13H2,1-4H3/t18-,19-,20-,21-,23-,24+/m0/s1. The average molecular weight is 355 g/mol. The van der Waals surface area contributed by atoms with Crippen LogP contribution in [-0.4, -0.2) is 12.6 Å². The summed E-state index contributed by atoms with van der Waals surface area (Å²) in [5.41, 5.74) is 3.10. The van der Waals surface area contributed by atoms with Crippen molar-refractivity contribution in [2.24, 2.45) is 39.9 Å². The summed E-state index contributed by atoms with van der Waals surface area (Å²) in [6.45, 7) is 9.78. The second-order valence-corrected chi connectivity index (χ2v) is 10.7. The molecule has 0 aromatic heterocycles. The first-order valence-electron chi connectivity index (χ1n) is 10.6. The van der Waals surface area contributed by atoms with E-state index in [0.717, 1.165) is 36.9 Å². The highest BCUT2D eigenvalue weighted by Gasteiger charge is 2.58. The highest BCUT2D eigenvalue weighted by molar-refractivity contribution is 5.82. The predicted octanol–water partition coefficient (Wildman–Crippen LogP) is 5.53. The van der Waals surface area contributed by atoms with Gasteiger partial charge in [0.15, 0.2) is 0 Å². The smallest absolute Gasteiger partial charge is 0.146 e. The van der Waals surface area contributed by atoms with Gasteiger partial charge in [-0.05, 0) is 78.1 Å². The molecule has 0 aromatic carbocycles. The van der Waals surface area contributed by atoms with Crippen LogP contribution in [0.3, 0.4) is 0 Å². The first-order valence-corrected chi connectivity index (χ1v) is 10.6. The number of carbonyl (C=O) groups excluding carboxylic acids is 2. The largest absolute Gasteiger partial charge is 0.303 e. The summed E-state index contributed by atoms with van der Waals surface area (Å²) in [4.78, 5) is 23.4. The first-order chi connectivity index (χ1) is 12.3. The fraction of sp³-hybridized carbons (Fsp3) is 0.750. The van der Waals surface area contributed by atoms with Gasteiger partial charge >= 0.3 is 0 Å². The number of hydrogen-bond donors (Lipinski definition) is 0. The molecule has 2 saturated carbocycles. The Balaban J connectivity index is 1.76. The van der Waals surface area contributed by atoms with Gasteiger partial charge in [-0.1, -0.05) is 51.8 Å². The maximum Gasteiger partial charge on any atom is 0.146 e. The molecule has 2 heteroatoms. The summed E-state index contributed by atoms with van der Waals surface area (Å²) in [5.74, 6) is 1.64. The van der Waals surface area contributed by atoms with Gasteiger partial charge < -0.3 is 4.79 Å². The van der Waals surface area contributed by atoms with Crippen LogP contribution in [0.1, 0.15) is 72.6 Å². The van der Waals surface area contributed by atoms with E-state index in [1.807, 2.05) is 0 Å². The number of allylic oxidation sites excluding steroid dienone is 4. The van der Waals surface area contributed by atoms with Gasteiger partial charge in [0.25, 0.3) is 0 Å². The van der Waals surface area contributed by atoms with Crippen LogP contribution in [0.2, 0.25) is 0 Å². The van der Waals surface area contributed by atoms with E-state index in [2.05, 4.69) is 39.8 Å². The third-order valence-electron chi connectivity index (χ3n) is 9.16. The lowest BCUT2D eigenvalue weighted by molar-refractivity contribution is -0.119. The molecule has 6 atom stereocenters. The van der Waals surface area contributed by atoms with Gasteiger partial charge in [-0.25, -0.2) is 0 Å². The molecular formula is C24H34O2. The summed E-state index contributed by atoms with van der Waals surface area (Å²) in [6, 6.07) is 0. The van der Waals surface area contributed by atoms with Gasteiger partial charge in [-0.15, -0.1) is 0 Å². The Bertz CT molecular complexity index is 684. The average Bonchev–Trinajstić information content (AvgIpc) is 2.59. The molecule has 0 aliphatic heterocycles. The molecule has 4 aliphatic rings. The van der Waals surface area contributed by atoms with Gasteiger partial charge in [0, 0.05) is 5.92 Å². The third-order valence-corrected chi connectivity index (χ3v) is 9.16. The normalized spacial score (nSPS) is 46.8. The Morgan fingerprint density at radius 1 is 0.923 bits per heavy atom. The van der Waals surface area contributed by atoms with Crippen molar-refractivity contribution in [3.63, 3.8) is 0 Å². The minimum absolute atomic E-state index is 0.0809. The molecule has 0 radical (unpaired) electrons. The minimum atomic E-state index is -0.228. The monoisotopic (exact) mass is 354 g/mol. The molecule has 0 saturated heterocycles. The van der Waals surface area contributed by atoms with Gasteiger partial charge in [-0.3, -0.25) is 4.79 Å². The molecule has 0 bridgehead atoms. The van der Waals surface area contributed by atoms with Crippen molar-refractivity contribution in [3.8, 4) is 0 Å². The lowest BCUT2D eigenvalue weighted by Crippen LogP contribution is -2.54.